The van der Waals surface area contributed by atoms with Crippen molar-refractivity contribution in [1.29, 1.82) is 0 Å². The van der Waals surface area contributed by atoms with Gasteiger partial charge in [0.25, 0.3) is 0 Å². The maximum atomic E-state index is 5.74. The molecular weight excluding hydrogens is 240 g/mol. The summed E-state index contributed by atoms with van der Waals surface area (Å²) in [7, 11) is 1.66. The van der Waals surface area contributed by atoms with Gasteiger partial charge in [-0.05, 0) is 25.1 Å². The quantitative estimate of drug-likeness (QED) is 0.778. The molecule has 1 heterocycles. The highest BCUT2D eigenvalue weighted by Gasteiger charge is 2.06. The molecule has 0 unspecified atom stereocenters. The van der Waals surface area contributed by atoms with Crippen molar-refractivity contribution >= 4 is 0 Å². The number of methoxy groups -OCH3 is 1. The molecule has 0 saturated carbocycles. The maximum Gasteiger partial charge on any atom is 0.196 e. The molecule has 0 aliphatic heterocycles. The van der Waals surface area contributed by atoms with Gasteiger partial charge in [0.05, 0.1) is 13.3 Å². The molecule has 0 amide bonds. The van der Waals surface area contributed by atoms with Gasteiger partial charge in [0, 0.05) is 18.5 Å². The van der Waals surface area contributed by atoms with Crippen LogP contribution in [0.5, 0.6) is 5.75 Å². The van der Waals surface area contributed by atoms with Crippen LogP contribution in [0, 0.1) is 0 Å². The van der Waals surface area contributed by atoms with Crippen LogP contribution >= 0.6 is 0 Å². The van der Waals surface area contributed by atoms with Crippen molar-refractivity contribution in [2.45, 2.75) is 19.8 Å². The number of nitrogens with one attached hydrogen (secondary N) is 1. The van der Waals surface area contributed by atoms with Crippen LogP contribution in [-0.2, 0) is 6.42 Å². The predicted molar refractivity (Wildman–Crippen MR) is 75.4 cm³/mol. The van der Waals surface area contributed by atoms with Gasteiger partial charge in [-0.25, -0.2) is 4.98 Å². The molecule has 1 N–H and O–H groups in total. The van der Waals surface area contributed by atoms with Gasteiger partial charge < -0.3 is 14.5 Å². The molecule has 0 atom stereocenters. The second-order valence-corrected chi connectivity index (χ2v) is 4.35. The van der Waals surface area contributed by atoms with E-state index in [0.29, 0.717) is 0 Å². The Balaban J connectivity index is 1.99. The molecule has 2 rings (SSSR count). The van der Waals surface area contributed by atoms with Gasteiger partial charge >= 0.3 is 0 Å². The molecule has 0 aliphatic rings. The van der Waals surface area contributed by atoms with Crippen LogP contribution in [-0.4, -0.2) is 25.2 Å². The molecule has 0 saturated heterocycles. The lowest BCUT2D eigenvalue weighted by Crippen LogP contribution is -2.17. The molecule has 0 aliphatic carbocycles. The van der Waals surface area contributed by atoms with Crippen LogP contribution in [0.2, 0.25) is 0 Å². The van der Waals surface area contributed by atoms with Crippen molar-refractivity contribution in [3.8, 4) is 17.1 Å². The molecule has 0 fully saturated rings. The van der Waals surface area contributed by atoms with Crippen LogP contribution < -0.4 is 10.1 Å². The maximum absolute atomic E-state index is 5.74. The second kappa shape index (κ2) is 6.95. The Kier molecular flexibility index (Phi) is 4.98. The van der Waals surface area contributed by atoms with Crippen molar-refractivity contribution in [1.82, 2.24) is 10.3 Å². The highest BCUT2D eigenvalue weighted by atomic mass is 16.5. The summed E-state index contributed by atoms with van der Waals surface area (Å²) in [6.45, 7) is 4.08. The van der Waals surface area contributed by atoms with E-state index >= 15 is 0 Å². The predicted octanol–water partition coefficient (Wildman–Crippen LogP) is 2.89. The Morgan fingerprint density at radius 1 is 1.32 bits per heavy atom. The fraction of sp³-hybridized carbons (Fsp3) is 0.400. The fourth-order valence-electron chi connectivity index (χ4n) is 1.83. The van der Waals surface area contributed by atoms with Gasteiger partial charge in [0.1, 0.15) is 5.75 Å². The standard InChI is InChI=1S/C15H20N2O2/c1-3-8-16-9-7-15-17-11-14(19-15)12-5-4-6-13(10-12)18-2/h4-6,10-11,16H,3,7-9H2,1-2H3. The minimum Gasteiger partial charge on any atom is -0.497 e. The highest BCUT2D eigenvalue weighted by molar-refractivity contribution is 5.58. The number of rotatable bonds is 7. The minimum absolute atomic E-state index is 0.765. The van der Waals surface area contributed by atoms with Crippen molar-refractivity contribution in [2.75, 3.05) is 20.2 Å². The molecule has 2 aromatic rings. The molecule has 0 radical (unpaired) electrons. The number of oxazole rings is 1. The van der Waals surface area contributed by atoms with Gasteiger partial charge in [-0.15, -0.1) is 0 Å². The third-order valence-corrected chi connectivity index (χ3v) is 2.85. The number of ether oxygens (including phenoxy) is 1. The SMILES string of the molecule is CCCNCCc1ncc(-c2cccc(OC)c2)o1. The van der Waals surface area contributed by atoms with Crippen LogP contribution in [0.25, 0.3) is 11.3 Å². The van der Waals surface area contributed by atoms with Crippen molar-refractivity contribution < 1.29 is 9.15 Å². The monoisotopic (exact) mass is 260 g/mol. The first-order chi connectivity index (χ1) is 9.33. The Morgan fingerprint density at radius 3 is 3.00 bits per heavy atom. The Bertz CT molecular complexity index is 508. The zero-order chi connectivity index (χ0) is 13.5. The zero-order valence-corrected chi connectivity index (χ0v) is 11.5. The number of hydrogen-bond donors (Lipinski definition) is 1. The summed E-state index contributed by atoms with van der Waals surface area (Å²) >= 11 is 0. The lowest BCUT2D eigenvalue weighted by Gasteiger charge is -2.01. The summed E-state index contributed by atoms with van der Waals surface area (Å²) in [5.41, 5.74) is 0.986. The topological polar surface area (TPSA) is 47.3 Å². The van der Waals surface area contributed by atoms with E-state index in [4.69, 9.17) is 9.15 Å². The van der Waals surface area contributed by atoms with Crippen LogP contribution in [0.3, 0.4) is 0 Å². The zero-order valence-electron chi connectivity index (χ0n) is 11.5. The van der Waals surface area contributed by atoms with Crippen LogP contribution in [0.4, 0.5) is 0 Å². The summed E-state index contributed by atoms with van der Waals surface area (Å²) < 4.78 is 10.9. The van der Waals surface area contributed by atoms with E-state index in [-0.39, 0.29) is 0 Å². The lowest BCUT2D eigenvalue weighted by molar-refractivity contribution is 0.414. The van der Waals surface area contributed by atoms with E-state index in [1.54, 1.807) is 13.3 Å². The van der Waals surface area contributed by atoms with Gasteiger partial charge in [-0.2, -0.15) is 0 Å². The van der Waals surface area contributed by atoms with Crippen LogP contribution in [0.15, 0.2) is 34.9 Å². The van der Waals surface area contributed by atoms with E-state index in [9.17, 15) is 0 Å². The smallest absolute Gasteiger partial charge is 0.196 e. The summed E-state index contributed by atoms with van der Waals surface area (Å²) in [5, 5.41) is 3.33. The molecule has 4 nitrogen and oxygen atoms in total. The normalized spacial score (nSPS) is 10.6. The van der Waals surface area contributed by atoms with E-state index in [1.807, 2.05) is 24.3 Å². The minimum atomic E-state index is 0.765. The van der Waals surface area contributed by atoms with Crippen LogP contribution in [0.1, 0.15) is 19.2 Å². The molecule has 19 heavy (non-hydrogen) atoms. The van der Waals surface area contributed by atoms with Crippen molar-refractivity contribution in [3.63, 3.8) is 0 Å². The number of aromatic nitrogens is 1. The Morgan fingerprint density at radius 2 is 2.21 bits per heavy atom. The van der Waals surface area contributed by atoms with E-state index < -0.39 is 0 Å². The molecule has 4 heteroatoms. The van der Waals surface area contributed by atoms with Gasteiger partial charge in [-0.1, -0.05) is 19.1 Å². The van der Waals surface area contributed by atoms with Gasteiger partial charge in [0.15, 0.2) is 11.7 Å². The highest BCUT2D eigenvalue weighted by Crippen LogP contribution is 2.24. The van der Waals surface area contributed by atoms with E-state index in [1.165, 1.54) is 0 Å². The molecule has 0 spiro atoms. The summed E-state index contributed by atoms with van der Waals surface area (Å²) in [6, 6.07) is 7.79. The molecule has 0 bridgehead atoms. The van der Waals surface area contributed by atoms with Gasteiger partial charge in [-0.3, -0.25) is 0 Å². The Labute approximate surface area is 113 Å². The summed E-state index contributed by atoms with van der Waals surface area (Å²) in [6.07, 6.45) is 3.72. The molecule has 1 aromatic carbocycles. The lowest BCUT2D eigenvalue weighted by atomic mass is 10.2. The fourth-order valence-corrected chi connectivity index (χ4v) is 1.83. The molecule has 1 aromatic heterocycles. The van der Waals surface area contributed by atoms with E-state index in [2.05, 4.69) is 17.2 Å². The number of hydrogen-bond acceptors (Lipinski definition) is 4. The molecule has 102 valence electrons. The number of nitrogens with zero attached hydrogens (tertiary/aromatic N) is 1. The number of benzene rings is 1. The first-order valence-corrected chi connectivity index (χ1v) is 6.63. The second-order valence-electron chi connectivity index (χ2n) is 4.35. The van der Waals surface area contributed by atoms with Crippen molar-refractivity contribution in [2.24, 2.45) is 0 Å². The largest absolute Gasteiger partial charge is 0.497 e. The third kappa shape index (κ3) is 3.83. The average molecular weight is 260 g/mol. The third-order valence-electron chi connectivity index (χ3n) is 2.85. The first-order valence-electron chi connectivity index (χ1n) is 6.63. The first kappa shape index (κ1) is 13.6. The summed E-state index contributed by atoms with van der Waals surface area (Å²) in [4.78, 5) is 4.30. The molecular formula is C15H20N2O2. The Hall–Kier alpha value is -1.81. The van der Waals surface area contributed by atoms with Crippen molar-refractivity contribution in [3.05, 3.63) is 36.4 Å². The van der Waals surface area contributed by atoms with E-state index in [0.717, 1.165) is 48.9 Å². The average Bonchev–Trinajstić information content (AvgIpc) is 2.92. The van der Waals surface area contributed by atoms with Gasteiger partial charge in [0.2, 0.25) is 0 Å². The summed E-state index contributed by atoms with van der Waals surface area (Å²) in [5.74, 6) is 2.37.